The Labute approximate surface area is 64.5 Å². The summed E-state index contributed by atoms with van der Waals surface area (Å²) in [6.07, 6.45) is 1.88. The van der Waals surface area contributed by atoms with E-state index in [1.165, 1.54) is 4.88 Å². The van der Waals surface area contributed by atoms with Crippen LogP contribution in [-0.4, -0.2) is 4.98 Å². The van der Waals surface area contributed by atoms with Crippen LogP contribution in [0.1, 0.15) is 22.1 Å². The van der Waals surface area contributed by atoms with E-state index < -0.39 is 0 Å². The van der Waals surface area contributed by atoms with Crippen LogP contribution in [0.15, 0.2) is 6.20 Å². The van der Waals surface area contributed by atoms with Gasteiger partial charge in [0.05, 0.1) is 5.25 Å². The van der Waals surface area contributed by atoms with Crippen LogP contribution < -0.4 is 0 Å². The SMILES string of the molecule is Cc1cnc(C(C)S)s1. The summed E-state index contributed by atoms with van der Waals surface area (Å²) in [5.41, 5.74) is 0. The largest absolute Gasteiger partial charge is 0.248 e. The molecule has 0 N–H and O–H groups in total. The number of thiol groups is 1. The molecule has 0 amide bonds. The highest BCUT2D eigenvalue weighted by molar-refractivity contribution is 7.80. The smallest absolute Gasteiger partial charge is 0.105 e. The van der Waals surface area contributed by atoms with Crippen LogP contribution in [-0.2, 0) is 0 Å². The maximum atomic E-state index is 4.25. The number of hydrogen-bond acceptors (Lipinski definition) is 3. The fraction of sp³-hybridized carbons (Fsp3) is 0.500. The van der Waals surface area contributed by atoms with Gasteiger partial charge in [-0.15, -0.1) is 11.3 Å². The van der Waals surface area contributed by atoms with Gasteiger partial charge in [-0.2, -0.15) is 12.6 Å². The molecule has 1 unspecified atom stereocenters. The quantitative estimate of drug-likeness (QED) is 0.621. The number of nitrogens with zero attached hydrogens (tertiary/aromatic N) is 1. The van der Waals surface area contributed by atoms with E-state index in [9.17, 15) is 0 Å². The maximum absolute atomic E-state index is 4.25. The molecule has 0 radical (unpaired) electrons. The molecule has 0 fully saturated rings. The lowest BCUT2D eigenvalue weighted by Gasteiger charge is -1.93. The van der Waals surface area contributed by atoms with E-state index in [0.29, 0.717) is 0 Å². The molecule has 3 heteroatoms. The summed E-state index contributed by atoms with van der Waals surface area (Å²) < 4.78 is 0. The molecule has 0 aliphatic carbocycles. The van der Waals surface area contributed by atoms with Crippen LogP contribution in [0, 0.1) is 6.92 Å². The fourth-order valence-corrected chi connectivity index (χ4v) is 1.50. The Bertz CT molecular complexity index is 193. The van der Waals surface area contributed by atoms with Crippen LogP contribution in [0.3, 0.4) is 0 Å². The van der Waals surface area contributed by atoms with Gasteiger partial charge in [0.2, 0.25) is 0 Å². The van der Waals surface area contributed by atoms with Crippen molar-refractivity contribution in [2.24, 2.45) is 0 Å². The minimum absolute atomic E-state index is 0.281. The first-order chi connectivity index (χ1) is 4.20. The predicted octanol–water partition coefficient (Wildman–Crippen LogP) is 2.44. The second kappa shape index (κ2) is 2.71. The van der Waals surface area contributed by atoms with Crippen molar-refractivity contribution in [3.63, 3.8) is 0 Å². The Morgan fingerprint density at radius 3 is 2.67 bits per heavy atom. The van der Waals surface area contributed by atoms with Crippen molar-refractivity contribution in [3.8, 4) is 0 Å². The molecule has 0 saturated carbocycles. The highest BCUT2D eigenvalue weighted by atomic mass is 32.1. The van der Waals surface area contributed by atoms with Gasteiger partial charge in [0.25, 0.3) is 0 Å². The Hall–Kier alpha value is -0.0200. The first-order valence-corrected chi connectivity index (χ1v) is 4.14. The predicted molar refractivity (Wildman–Crippen MR) is 44.3 cm³/mol. The average molecular weight is 159 g/mol. The fourth-order valence-electron chi connectivity index (χ4n) is 0.565. The van der Waals surface area contributed by atoms with Crippen molar-refractivity contribution in [2.75, 3.05) is 0 Å². The van der Waals surface area contributed by atoms with Gasteiger partial charge in [0.1, 0.15) is 5.01 Å². The van der Waals surface area contributed by atoms with Gasteiger partial charge < -0.3 is 0 Å². The second-order valence-corrected chi connectivity index (χ2v) is 4.03. The summed E-state index contributed by atoms with van der Waals surface area (Å²) in [6, 6.07) is 0. The summed E-state index contributed by atoms with van der Waals surface area (Å²) in [5, 5.41) is 1.39. The molecule has 1 heterocycles. The molecule has 1 aromatic rings. The molecule has 0 aromatic carbocycles. The van der Waals surface area contributed by atoms with E-state index in [1.807, 2.05) is 13.1 Å². The van der Waals surface area contributed by atoms with E-state index in [2.05, 4.69) is 24.5 Å². The van der Waals surface area contributed by atoms with Crippen molar-refractivity contribution in [1.82, 2.24) is 4.98 Å². The molecule has 0 spiro atoms. The maximum Gasteiger partial charge on any atom is 0.105 e. The zero-order chi connectivity index (χ0) is 6.85. The molecule has 1 rings (SSSR count). The molecule has 1 atom stereocenters. The van der Waals surface area contributed by atoms with Gasteiger partial charge >= 0.3 is 0 Å². The molecule has 0 saturated heterocycles. The molecule has 0 aliphatic rings. The molecule has 9 heavy (non-hydrogen) atoms. The van der Waals surface area contributed by atoms with E-state index in [4.69, 9.17) is 0 Å². The summed E-state index contributed by atoms with van der Waals surface area (Å²) in [6.45, 7) is 4.08. The minimum atomic E-state index is 0.281. The zero-order valence-corrected chi connectivity index (χ0v) is 7.17. The Morgan fingerprint density at radius 1 is 1.78 bits per heavy atom. The first-order valence-electron chi connectivity index (χ1n) is 2.80. The van der Waals surface area contributed by atoms with Crippen molar-refractivity contribution in [2.45, 2.75) is 19.1 Å². The van der Waals surface area contributed by atoms with Crippen LogP contribution in [0.2, 0.25) is 0 Å². The van der Waals surface area contributed by atoms with Crippen molar-refractivity contribution in [1.29, 1.82) is 0 Å². The number of aryl methyl sites for hydroxylation is 1. The summed E-state index contributed by atoms with van der Waals surface area (Å²) in [7, 11) is 0. The topological polar surface area (TPSA) is 12.9 Å². The molecule has 0 aliphatic heterocycles. The number of aromatic nitrogens is 1. The van der Waals surface area contributed by atoms with Crippen LogP contribution >= 0.6 is 24.0 Å². The third kappa shape index (κ3) is 1.69. The van der Waals surface area contributed by atoms with Crippen molar-refractivity contribution in [3.05, 3.63) is 16.1 Å². The zero-order valence-electron chi connectivity index (χ0n) is 5.46. The first kappa shape index (κ1) is 7.09. The van der Waals surface area contributed by atoms with Gasteiger partial charge in [0.15, 0.2) is 0 Å². The molecular formula is C6H9NS2. The highest BCUT2D eigenvalue weighted by Crippen LogP contribution is 2.22. The highest BCUT2D eigenvalue weighted by Gasteiger charge is 2.02. The summed E-state index contributed by atoms with van der Waals surface area (Å²) in [4.78, 5) is 5.41. The minimum Gasteiger partial charge on any atom is -0.248 e. The van der Waals surface area contributed by atoms with E-state index in [-0.39, 0.29) is 5.25 Å². The van der Waals surface area contributed by atoms with E-state index in [1.54, 1.807) is 11.3 Å². The van der Waals surface area contributed by atoms with Gasteiger partial charge in [0, 0.05) is 11.1 Å². The number of hydrogen-bond donors (Lipinski definition) is 1. The van der Waals surface area contributed by atoms with Gasteiger partial charge in [-0.3, -0.25) is 0 Å². The number of thiazole rings is 1. The van der Waals surface area contributed by atoms with Crippen LogP contribution in [0.5, 0.6) is 0 Å². The van der Waals surface area contributed by atoms with Crippen molar-refractivity contribution < 1.29 is 0 Å². The standard InChI is InChI=1S/C6H9NS2/c1-4-3-7-6(9-4)5(2)8/h3,5,8H,1-2H3. The summed E-state index contributed by atoms with van der Waals surface area (Å²) >= 11 is 5.96. The van der Waals surface area contributed by atoms with Crippen molar-refractivity contribution >= 4 is 24.0 Å². The van der Waals surface area contributed by atoms with Gasteiger partial charge in [-0.05, 0) is 13.8 Å². The van der Waals surface area contributed by atoms with E-state index in [0.717, 1.165) is 5.01 Å². The Balaban J connectivity index is 2.85. The Morgan fingerprint density at radius 2 is 2.44 bits per heavy atom. The van der Waals surface area contributed by atoms with Crippen LogP contribution in [0.25, 0.3) is 0 Å². The lowest BCUT2D eigenvalue weighted by molar-refractivity contribution is 1.07. The van der Waals surface area contributed by atoms with Gasteiger partial charge in [-0.1, -0.05) is 0 Å². The number of rotatable bonds is 1. The van der Waals surface area contributed by atoms with E-state index >= 15 is 0 Å². The van der Waals surface area contributed by atoms with Crippen LogP contribution in [0.4, 0.5) is 0 Å². The van der Waals surface area contributed by atoms with Gasteiger partial charge in [-0.25, -0.2) is 4.98 Å². The Kier molecular flexibility index (Phi) is 2.13. The lowest BCUT2D eigenvalue weighted by atomic mass is 10.5. The lowest BCUT2D eigenvalue weighted by Crippen LogP contribution is -1.78. The monoisotopic (exact) mass is 159 g/mol. The molecule has 1 nitrogen and oxygen atoms in total. The third-order valence-electron chi connectivity index (χ3n) is 0.997. The molecular weight excluding hydrogens is 150 g/mol. The molecule has 1 aromatic heterocycles. The summed E-state index contributed by atoms with van der Waals surface area (Å²) in [5.74, 6) is 0. The average Bonchev–Trinajstić information content (AvgIpc) is 2.14. The molecule has 0 bridgehead atoms. The molecule has 50 valence electrons. The second-order valence-electron chi connectivity index (χ2n) is 1.99. The normalized spacial score (nSPS) is 13.7. The third-order valence-corrected chi connectivity index (χ3v) is 2.51.